The zero-order chi connectivity index (χ0) is 12.7. The van der Waals surface area contributed by atoms with Gasteiger partial charge >= 0.3 is 0 Å². The summed E-state index contributed by atoms with van der Waals surface area (Å²) >= 11 is 0. The molecule has 2 fully saturated rings. The molecule has 98 valence electrons. The van der Waals surface area contributed by atoms with Crippen LogP contribution in [0.15, 0.2) is 12.1 Å². The Labute approximate surface area is 113 Å². The first-order valence-electron chi connectivity index (χ1n) is 7.36. The molecular formula is C16H24OSi. The van der Waals surface area contributed by atoms with Crippen molar-refractivity contribution in [2.45, 2.75) is 58.2 Å². The summed E-state index contributed by atoms with van der Waals surface area (Å²) in [5, 5.41) is 1.56. The molecule has 1 aliphatic heterocycles. The molecule has 3 unspecified atom stereocenters. The minimum absolute atomic E-state index is 0.635. The lowest BCUT2D eigenvalue weighted by Gasteiger charge is -2.19. The van der Waals surface area contributed by atoms with E-state index in [-0.39, 0.29) is 0 Å². The summed E-state index contributed by atoms with van der Waals surface area (Å²) in [6.45, 7) is 4.58. The maximum absolute atomic E-state index is 5.62. The average molecular weight is 260 g/mol. The lowest BCUT2D eigenvalue weighted by atomic mass is 9.84. The minimum Gasteiger partial charge on any atom is -0.370 e. The molecule has 3 rings (SSSR count). The summed E-state index contributed by atoms with van der Waals surface area (Å²) in [7, 11) is 1.17. The number of ether oxygens (including phenoxy) is 1. The largest absolute Gasteiger partial charge is 0.370 e. The molecule has 1 heterocycles. The summed E-state index contributed by atoms with van der Waals surface area (Å²) in [6, 6.07) is 4.70. The molecule has 0 aromatic heterocycles. The van der Waals surface area contributed by atoms with E-state index in [2.05, 4.69) is 26.0 Å². The number of epoxide rings is 1. The summed E-state index contributed by atoms with van der Waals surface area (Å²) < 4.78 is 5.62. The van der Waals surface area contributed by atoms with Gasteiger partial charge in [-0.3, -0.25) is 0 Å². The fourth-order valence-corrected chi connectivity index (χ4v) is 3.93. The van der Waals surface area contributed by atoms with Crippen LogP contribution in [-0.4, -0.2) is 22.5 Å². The molecule has 2 heteroatoms. The molecule has 2 aliphatic rings. The maximum Gasteiger partial charge on any atom is 0.0844 e. The highest BCUT2D eigenvalue weighted by Crippen LogP contribution is 2.40. The quantitative estimate of drug-likeness (QED) is 0.596. The van der Waals surface area contributed by atoms with E-state index in [4.69, 9.17) is 4.74 Å². The molecule has 1 aliphatic carbocycles. The number of hydrogen-bond donors (Lipinski definition) is 0. The molecular weight excluding hydrogens is 236 g/mol. The minimum atomic E-state index is 0.635. The Morgan fingerprint density at radius 1 is 1.17 bits per heavy atom. The van der Waals surface area contributed by atoms with Gasteiger partial charge in [0.05, 0.1) is 12.2 Å². The first-order valence-corrected chi connectivity index (χ1v) is 8.36. The zero-order valence-corrected chi connectivity index (χ0v) is 13.8. The van der Waals surface area contributed by atoms with Gasteiger partial charge in [0.2, 0.25) is 0 Å². The van der Waals surface area contributed by atoms with Crippen molar-refractivity contribution in [2.75, 3.05) is 0 Å². The third kappa shape index (κ3) is 2.41. The van der Waals surface area contributed by atoms with Gasteiger partial charge in [-0.25, -0.2) is 0 Å². The number of rotatable bonds is 3. The average Bonchev–Trinajstić information content (AvgIpc) is 3.13. The highest BCUT2D eigenvalue weighted by atomic mass is 28.1. The van der Waals surface area contributed by atoms with E-state index in [1.165, 1.54) is 47.9 Å². The van der Waals surface area contributed by atoms with E-state index >= 15 is 0 Å². The molecule has 1 aromatic rings. The first kappa shape index (κ1) is 12.4. The van der Waals surface area contributed by atoms with Gasteiger partial charge in [0.15, 0.2) is 0 Å². The van der Waals surface area contributed by atoms with E-state index in [1.54, 1.807) is 16.3 Å². The van der Waals surface area contributed by atoms with Crippen molar-refractivity contribution in [3.05, 3.63) is 28.8 Å². The molecule has 0 amide bonds. The zero-order valence-electron chi connectivity index (χ0n) is 11.8. The van der Waals surface area contributed by atoms with Gasteiger partial charge < -0.3 is 4.74 Å². The molecule has 0 radical (unpaired) electrons. The van der Waals surface area contributed by atoms with Crippen LogP contribution in [0, 0.1) is 19.8 Å². The lowest BCUT2D eigenvalue weighted by molar-refractivity contribution is 0.351. The van der Waals surface area contributed by atoms with Crippen LogP contribution in [0.25, 0.3) is 0 Å². The predicted molar refractivity (Wildman–Crippen MR) is 79.8 cm³/mol. The first-order chi connectivity index (χ1) is 8.65. The lowest BCUT2D eigenvalue weighted by Crippen LogP contribution is -2.15. The van der Waals surface area contributed by atoms with Gasteiger partial charge in [-0.15, -0.1) is 0 Å². The maximum atomic E-state index is 5.62. The molecule has 0 spiro atoms. The standard InChI is InChI=1S/C16H24OSi/c1-10-11(2)16(18)8-6-13(10)5-3-12-4-7-14-15(9-12)17-14/h6,8,12,14-15H,3-5,7,9H2,1-2,18H3. The third-order valence-electron chi connectivity index (χ3n) is 5.10. The Bertz CT molecular complexity index is 455. The second kappa shape index (κ2) is 4.82. The Hall–Kier alpha value is -0.603. The molecule has 1 saturated carbocycles. The van der Waals surface area contributed by atoms with Crippen LogP contribution in [-0.2, 0) is 11.2 Å². The van der Waals surface area contributed by atoms with E-state index < -0.39 is 0 Å². The number of hydrogen-bond acceptors (Lipinski definition) is 1. The fourth-order valence-electron chi connectivity index (χ4n) is 3.39. The Kier molecular flexibility index (Phi) is 3.33. The van der Waals surface area contributed by atoms with Gasteiger partial charge in [-0.2, -0.15) is 0 Å². The second-order valence-electron chi connectivity index (χ2n) is 6.22. The molecule has 18 heavy (non-hydrogen) atoms. The van der Waals surface area contributed by atoms with Crippen molar-refractivity contribution in [2.24, 2.45) is 5.92 Å². The number of benzene rings is 1. The Balaban J connectivity index is 1.61. The summed E-state index contributed by atoms with van der Waals surface area (Å²) in [4.78, 5) is 0. The molecule has 1 aromatic carbocycles. The fraction of sp³-hybridized carbons (Fsp3) is 0.625. The van der Waals surface area contributed by atoms with Crippen molar-refractivity contribution in [1.29, 1.82) is 0 Å². The summed E-state index contributed by atoms with van der Waals surface area (Å²) in [5.41, 5.74) is 4.65. The second-order valence-corrected chi connectivity index (χ2v) is 7.30. The van der Waals surface area contributed by atoms with E-state index in [0.717, 1.165) is 5.92 Å². The smallest absolute Gasteiger partial charge is 0.0844 e. The van der Waals surface area contributed by atoms with Gasteiger partial charge in [0, 0.05) is 10.2 Å². The van der Waals surface area contributed by atoms with Crippen molar-refractivity contribution < 1.29 is 4.74 Å². The molecule has 1 nitrogen and oxygen atoms in total. The molecule has 0 N–H and O–H groups in total. The van der Waals surface area contributed by atoms with Crippen LogP contribution in [0.5, 0.6) is 0 Å². The van der Waals surface area contributed by atoms with E-state index in [9.17, 15) is 0 Å². The number of fused-ring (bicyclic) bond motifs is 1. The van der Waals surface area contributed by atoms with Crippen LogP contribution in [0.1, 0.15) is 42.4 Å². The Morgan fingerprint density at radius 3 is 2.78 bits per heavy atom. The van der Waals surface area contributed by atoms with Crippen LogP contribution in [0.2, 0.25) is 0 Å². The van der Waals surface area contributed by atoms with Crippen molar-refractivity contribution in [3.8, 4) is 0 Å². The Morgan fingerprint density at radius 2 is 2.00 bits per heavy atom. The monoisotopic (exact) mass is 260 g/mol. The third-order valence-corrected chi connectivity index (χ3v) is 6.19. The summed E-state index contributed by atoms with van der Waals surface area (Å²) in [5.74, 6) is 0.907. The van der Waals surface area contributed by atoms with E-state index in [0.29, 0.717) is 12.2 Å². The highest BCUT2D eigenvalue weighted by Gasteiger charge is 2.43. The van der Waals surface area contributed by atoms with Gasteiger partial charge in [0.1, 0.15) is 0 Å². The normalized spacial score (nSPS) is 30.2. The van der Waals surface area contributed by atoms with Crippen LogP contribution in [0.3, 0.4) is 0 Å². The van der Waals surface area contributed by atoms with Gasteiger partial charge in [-0.1, -0.05) is 17.3 Å². The SMILES string of the molecule is Cc1c([SiH3])ccc(CCC2CCC3OC3C2)c1C. The molecule has 3 atom stereocenters. The molecule has 1 saturated heterocycles. The predicted octanol–water partition coefficient (Wildman–Crippen LogP) is 1.79. The topological polar surface area (TPSA) is 12.5 Å². The van der Waals surface area contributed by atoms with Crippen molar-refractivity contribution >= 4 is 15.4 Å². The van der Waals surface area contributed by atoms with E-state index in [1.807, 2.05) is 0 Å². The number of aryl methyl sites for hydroxylation is 1. The highest BCUT2D eigenvalue weighted by molar-refractivity contribution is 6.33. The van der Waals surface area contributed by atoms with Crippen LogP contribution < -0.4 is 5.19 Å². The molecule has 0 bridgehead atoms. The summed E-state index contributed by atoms with van der Waals surface area (Å²) in [6.07, 6.45) is 7.92. The van der Waals surface area contributed by atoms with Gasteiger partial charge in [-0.05, 0) is 68.6 Å². The van der Waals surface area contributed by atoms with Crippen LogP contribution in [0.4, 0.5) is 0 Å². The van der Waals surface area contributed by atoms with Crippen molar-refractivity contribution in [1.82, 2.24) is 0 Å². The van der Waals surface area contributed by atoms with Crippen molar-refractivity contribution in [3.63, 3.8) is 0 Å². The van der Waals surface area contributed by atoms with Gasteiger partial charge in [0.25, 0.3) is 0 Å². The van der Waals surface area contributed by atoms with Crippen LogP contribution >= 0.6 is 0 Å².